The molecule has 0 heterocycles. The minimum atomic E-state index is 0.779. The third-order valence-corrected chi connectivity index (χ3v) is 4.97. The molecule has 1 heteroatoms. The van der Waals surface area contributed by atoms with Crippen molar-refractivity contribution in [2.75, 3.05) is 13.1 Å². The molecule has 19 heavy (non-hydrogen) atoms. The summed E-state index contributed by atoms with van der Waals surface area (Å²) in [4.78, 5) is 2.38. The Balaban J connectivity index is 1.87. The Morgan fingerprint density at radius 3 is 2.79 bits per heavy atom. The second kappa shape index (κ2) is 5.98. The molecule has 2 rings (SSSR count). The molecule has 1 nitrogen and oxygen atoms in total. The summed E-state index contributed by atoms with van der Waals surface area (Å²) in [7, 11) is 0. The lowest BCUT2D eigenvalue weighted by atomic mass is 9.78. The smallest absolute Gasteiger partial charge is 0.0353 e. The second-order valence-corrected chi connectivity index (χ2v) is 6.66. The maximum atomic E-state index is 4.09. The zero-order valence-corrected chi connectivity index (χ0v) is 12.9. The van der Waals surface area contributed by atoms with Crippen LogP contribution in [0, 0.1) is 23.7 Å². The predicted molar refractivity (Wildman–Crippen MR) is 83.8 cm³/mol. The molecule has 0 amide bonds. The van der Waals surface area contributed by atoms with Crippen LogP contribution in [0.5, 0.6) is 0 Å². The van der Waals surface area contributed by atoms with Crippen molar-refractivity contribution in [2.24, 2.45) is 23.7 Å². The molecule has 1 saturated carbocycles. The van der Waals surface area contributed by atoms with Crippen molar-refractivity contribution in [3.05, 3.63) is 36.6 Å². The minimum Gasteiger partial charge on any atom is -0.372 e. The maximum Gasteiger partial charge on any atom is 0.0353 e. The Morgan fingerprint density at radius 1 is 1.47 bits per heavy atom. The van der Waals surface area contributed by atoms with E-state index in [1.807, 2.05) is 6.08 Å². The molecule has 0 aliphatic heterocycles. The molecule has 2 aliphatic carbocycles. The molecule has 0 N–H and O–H groups in total. The van der Waals surface area contributed by atoms with Crippen molar-refractivity contribution in [2.45, 2.75) is 40.0 Å². The standard InChI is InChI=1S/C18H29N/c1-6-9-19(13(2)3)12-16-11-18(16)17-8-7-14(4)10-15(17)5/h6,10,15-18H,1-2,7-9,11-12H2,3-5H3. The Morgan fingerprint density at radius 2 is 2.21 bits per heavy atom. The Hall–Kier alpha value is -0.980. The van der Waals surface area contributed by atoms with Crippen LogP contribution in [0.1, 0.15) is 40.0 Å². The molecule has 1 fully saturated rings. The summed E-state index contributed by atoms with van der Waals surface area (Å²) in [6, 6.07) is 0. The molecular weight excluding hydrogens is 230 g/mol. The molecule has 106 valence electrons. The highest BCUT2D eigenvalue weighted by atomic mass is 15.1. The van der Waals surface area contributed by atoms with Crippen LogP contribution in [0.15, 0.2) is 36.6 Å². The third-order valence-electron chi connectivity index (χ3n) is 4.97. The summed E-state index contributed by atoms with van der Waals surface area (Å²) >= 11 is 0. The Bertz CT molecular complexity index is 379. The summed E-state index contributed by atoms with van der Waals surface area (Å²) in [6.07, 6.45) is 8.63. The van der Waals surface area contributed by atoms with Crippen LogP contribution in [0.4, 0.5) is 0 Å². The van der Waals surface area contributed by atoms with Crippen LogP contribution in [0.2, 0.25) is 0 Å². The number of nitrogens with zero attached hydrogens (tertiary/aromatic N) is 1. The lowest BCUT2D eigenvalue weighted by Crippen LogP contribution is -2.26. The van der Waals surface area contributed by atoms with Crippen LogP contribution in [-0.2, 0) is 0 Å². The van der Waals surface area contributed by atoms with E-state index in [-0.39, 0.29) is 0 Å². The normalized spacial score (nSPS) is 33.5. The average Bonchev–Trinajstić information content (AvgIpc) is 3.07. The Labute approximate surface area is 119 Å². The molecule has 0 spiro atoms. The summed E-state index contributed by atoms with van der Waals surface area (Å²) in [5, 5.41) is 0. The van der Waals surface area contributed by atoms with E-state index in [1.54, 1.807) is 5.57 Å². The first-order chi connectivity index (χ1) is 9.02. The molecule has 4 unspecified atom stereocenters. The van der Waals surface area contributed by atoms with Crippen LogP contribution in [-0.4, -0.2) is 18.0 Å². The van der Waals surface area contributed by atoms with Gasteiger partial charge in [-0.25, -0.2) is 0 Å². The number of hydrogen-bond donors (Lipinski definition) is 0. The number of hydrogen-bond acceptors (Lipinski definition) is 1. The zero-order chi connectivity index (χ0) is 14.0. The van der Waals surface area contributed by atoms with Crippen LogP contribution < -0.4 is 0 Å². The van der Waals surface area contributed by atoms with Gasteiger partial charge in [-0.3, -0.25) is 0 Å². The van der Waals surface area contributed by atoms with Crippen molar-refractivity contribution in [1.29, 1.82) is 0 Å². The van der Waals surface area contributed by atoms with Gasteiger partial charge in [0.15, 0.2) is 0 Å². The van der Waals surface area contributed by atoms with Gasteiger partial charge in [0.25, 0.3) is 0 Å². The van der Waals surface area contributed by atoms with Gasteiger partial charge < -0.3 is 4.90 Å². The first-order valence-corrected chi connectivity index (χ1v) is 7.71. The van der Waals surface area contributed by atoms with E-state index in [0.29, 0.717) is 0 Å². The van der Waals surface area contributed by atoms with E-state index in [0.717, 1.165) is 30.2 Å². The SMILES string of the molecule is C=CCN(CC1CC1C1CCC(C)=CC1C)C(=C)C. The summed E-state index contributed by atoms with van der Waals surface area (Å²) in [5.41, 5.74) is 2.77. The quantitative estimate of drug-likeness (QED) is 0.628. The summed E-state index contributed by atoms with van der Waals surface area (Å²) < 4.78 is 0. The molecular formula is C18H29N. The first kappa shape index (κ1) is 14.4. The zero-order valence-electron chi connectivity index (χ0n) is 12.9. The third kappa shape index (κ3) is 3.52. The maximum absolute atomic E-state index is 4.09. The highest BCUT2D eigenvalue weighted by Crippen LogP contribution is 2.51. The van der Waals surface area contributed by atoms with Gasteiger partial charge in [-0.05, 0) is 56.8 Å². The average molecular weight is 259 g/mol. The van der Waals surface area contributed by atoms with E-state index in [9.17, 15) is 0 Å². The second-order valence-electron chi connectivity index (χ2n) is 6.66. The van der Waals surface area contributed by atoms with E-state index >= 15 is 0 Å². The van der Waals surface area contributed by atoms with Crippen molar-refractivity contribution in [3.63, 3.8) is 0 Å². The molecule has 4 atom stereocenters. The summed E-state index contributed by atoms with van der Waals surface area (Å²) in [5.74, 6) is 3.53. The van der Waals surface area contributed by atoms with Gasteiger partial charge in [-0.2, -0.15) is 0 Å². The van der Waals surface area contributed by atoms with E-state index in [4.69, 9.17) is 0 Å². The molecule has 0 bridgehead atoms. The van der Waals surface area contributed by atoms with Crippen molar-refractivity contribution in [1.82, 2.24) is 4.90 Å². The number of rotatable bonds is 6. The predicted octanol–water partition coefficient (Wildman–Crippen LogP) is 4.64. The fourth-order valence-corrected chi connectivity index (χ4v) is 3.75. The largest absolute Gasteiger partial charge is 0.372 e. The molecule has 0 aromatic carbocycles. The van der Waals surface area contributed by atoms with Gasteiger partial charge >= 0.3 is 0 Å². The van der Waals surface area contributed by atoms with Crippen LogP contribution in [0.3, 0.4) is 0 Å². The molecule has 0 radical (unpaired) electrons. The van der Waals surface area contributed by atoms with Crippen molar-refractivity contribution >= 4 is 0 Å². The highest BCUT2D eigenvalue weighted by Gasteiger charge is 2.45. The molecule has 0 saturated heterocycles. The first-order valence-electron chi connectivity index (χ1n) is 7.71. The van der Waals surface area contributed by atoms with Gasteiger partial charge in [0.05, 0.1) is 0 Å². The van der Waals surface area contributed by atoms with Crippen LogP contribution >= 0.6 is 0 Å². The monoisotopic (exact) mass is 259 g/mol. The van der Waals surface area contributed by atoms with Gasteiger partial charge in [0, 0.05) is 18.8 Å². The van der Waals surface area contributed by atoms with Gasteiger partial charge in [0.2, 0.25) is 0 Å². The van der Waals surface area contributed by atoms with E-state index in [1.165, 1.54) is 31.5 Å². The lowest BCUT2D eigenvalue weighted by Gasteiger charge is -2.28. The van der Waals surface area contributed by atoms with E-state index < -0.39 is 0 Å². The van der Waals surface area contributed by atoms with Gasteiger partial charge in [-0.15, -0.1) is 6.58 Å². The van der Waals surface area contributed by atoms with Crippen molar-refractivity contribution in [3.8, 4) is 0 Å². The fraction of sp³-hybridized carbons (Fsp3) is 0.667. The minimum absolute atomic E-state index is 0.779. The summed E-state index contributed by atoms with van der Waals surface area (Å²) in [6.45, 7) is 16.9. The van der Waals surface area contributed by atoms with Crippen LogP contribution in [0.25, 0.3) is 0 Å². The topological polar surface area (TPSA) is 3.24 Å². The molecule has 0 aromatic rings. The van der Waals surface area contributed by atoms with Gasteiger partial charge in [0.1, 0.15) is 0 Å². The highest BCUT2D eigenvalue weighted by molar-refractivity contribution is 5.10. The van der Waals surface area contributed by atoms with Gasteiger partial charge in [-0.1, -0.05) is 31.2 Å². The molecule has 2 aliphatic rings. The van der Waals surface area contributed by atoms with Crippen molar-refractivity contribution < 1.29 is 0 Å². The Kier molecular flexibility index (Phi) is 4.54. The lowest BCUT2D eigenvalue weighted by molar-refractivity contribution is 0.287. The number of allylic oxidation sites excluding steroid dienone is 3. The van der Waals surface area contributed by atoms with E-state index in [2.05, 4.69) is 44.9 Å². The molecule has 0 aromatic heterocycles. The fourth-order valence-electron chi connectivity index (χ4n) is 3.75.